The van der Waals surface area contributed by atoms with E-state index in [9.17, 15) is 19.2 Å². The Balaban J connectivity index is 1.77. The second-order valence-electron chi connectivity index (χ2n) is 7.26. The third-order valence-electron chi connectivity index (χ3n) is 5.02. The van der Waals surface area contributed by atoms with Gasteiger partial charge < -0.3 is 14.0 Å². The van der Waals surface area contributed by atoms with Crippen LogP contribution < -0.4 is 4.74 Å². The fraction of sp³-hybridized carbons (Fsp3) is 0.192. The van der Waals surface area contributed by atoms with Gasteiger partial charge in [0.15, 0.2) is 12.4 Å². The Morgan fingerprint density at radius 3 is 2.36 bits per heavy atom. The molecule has 0 spiro atoms. The van der Waals surface area contributed by atoms with E-state index in [0.717, 1.165) is 35.0 Å². The Morgan fingerprint density at radius 1 is 1.09 bits per heavy atom. The van der Waals surface area contributed by atoms with E-state index in [4.69, 9.17) is 9.47 Å². The highest BCUT2D eigenvalue weighted by molar-refractivity contribution is 6.02. The molecular weight excluding hydrogens is 423 g/mol. The largest absolute Gasteiger partial charge is 0.494 e. The molecule has 3 rings (SSSR count). The number of hydrogen-bond acceptors (Lipinski definition) is 5. The first-order valence-corrected chi connectivity index (χ1v) is 10.3. The molecule has 2 aromatic carbocycles. The first-order valence-electron chi connectivity index (χ1n) is 10.3. The van der Waals surface area contributed by atoms with Crippen molar-refractivity contribution in [1.82, 2.24) is 4.57 Å². The van der Waals surface area contributed by atoms with Crippen LogP contribution in [0.1, 0.15) is 34.2 Å². The fourth-order valence-electron chi connectivity index (χ4n) is 3.41. The van der Waals surface area contributed by atoms with Gasteiger partial charge in [-0.25, -0.2) is 9.18 Å². The van der Waals surface area contributed by atoms with E-state index in [2.05, 4.69) is 0 Å². The first kappa shape index (κ1) is 23.5. The van der Waals surface area contributed by atoms with E-state index in [1.54, 1.807) is 0 Å². The predicted octanol–water partition coefficient (Wildman–Crippen LogP) is 4.97. The molecular formula is C26H23FN2O4. The SMILES string of the molecule is CCOc1ccc(-n2c(C)cc(/C=C(\C#N)C(=O)OCC(=O)c3ccc(F)cc3)c2C)cc1. The van der Waals surface area contributed by atoms with Crippen molar-refractivity contribution in [2.75, 3.05) is 13.2 Å². The maximum atomic E-state index is 13.0. The second-order valence-corrected chi connectivity index (χ2v) is 7.26. The Morgan fingerprint density at radius 2 is 1.76 bits per heavy atom. The predicted molar refractivity (Wildman–Crippen MR) is 122 cm³/mol. The Hall–Kier alpha value is -4.18. The molecule has 1 heterocycles. The van der Waals surface area contributed by atoms with Crippen molar-refractivity contribution in [2.24, 2.45) is 0 Å². The van der Waals surface area contributed by atoms with Gasteiger partial charge in [-0.2, -0.15) is 5.26 Å². The number of rotatable bonds is 8. The molecule has 0 radical (unpaired) electrons. The molecule has 0 saturated heterocycles. The van der Waals surface area contributed by atoms with Gasteiger partial charge in [0.1, 0.15) is 23.2 Å². The van der Waals surface area contributed by atoms with Gasteiger partial charge in [0.25, 0.3) is 0 Å². The van der Waals surface area contributed by atoms with Crippen LogP contribution in [0.25, 0.3) is 11.8 Å². The highest BCUT2D eigenvalue weighted by atomic mass is 19.1. The van der Waals surface area contributed by atoms with Gasteiger partial charge in [-0.3, -0.25) is 4.79 Å². The lowest BCUT2D eigenvalue weighted by atomic mass is 10.1. The number of aryl methyl sites for hydroxylation is 1. The number of carbonyl (C=O) groups excluding carboxylic acids is 2. The Labute approximate surface area is 191 Å². The molecule has 0 fully saturated rings. The molecule has 0 aliphatic heterocycles. The van der Waals surface area contributed by atoms with Crippen molar-refractivity contribution in [3.63, 3.8) is 0 Å². The third-order valence-corrected chi connectivity index (χ3v) is 5.02. The van der Waals surface area contributed by atoms with Crippen molar-refractivity contribution < 1.29 is 23.5 Å². The summed E-state index contributed by atoms with van der Waals surface area (Å²) in [6.07, 6.45) is 1.44. The van der Waals surface area contributed by atoms with Gasteiger partial charge in [0.2, 0.25) is 0 Å². The minimum absolute atomic E-state index is 0.214. The van der Waals surface area contributed by atoms with Crippen LogP contribution >= 0.6 is 0 Å². The number of nitrogens with zero attached hydrogens (tertiary/aromatic N) is 2. The maximum Gasteiger partial charge on any atom is 0.349 e. The number of benzene rings is 2. The summed E-state index contributed by atoms with van der Waals surface area (Å²) in [7, 11) is 0. The third kappa shape index (κ3) is 5.55. The number of Topliss-reactive ketones (excluding diaryl/α,β-unsaturated/α-hetero) is 1. The van der Waals surface area contributed by atoms with Gasteiger partial charge in [-0.05, 0) is 87.0 Å². The molecule has 0 saturated carbocycles. The number of nitriles is 1. The molecule has 0 aliphatic rings. The summed E-state index contributed by atoms with van der Waals surface area (Å²) >= 11 is 0. The van der Waals surface area contributed by atoms with Crippen LogP contribution in [-0.4, -0.2) is 29.5 Å². The summed E-state index contributed by atoms with van der Waals surface area (Å²) in [4.78, 5) is 24.5. The molecule has 0 atom stereocenters. The van der Waals surface area contributed by atoms with Crippen molar-refractivity contribution in [3.8, 4) is 17.5 Å². The molecule has 168 valence electrons. The normalized spacial score (nSPS) is 11.1. The molecule has 0 N–H and O–H groups in total. The summed E-state index contributed by atoms with van der Waals surface area (Å²) in [5, 5.41) is 9.47. The zero-order valence-corrected chi connectivity index (χ0v) is 18.6. The first-order chi connectivity index (χ1) is 15.8. The van der Waals surface area contributed by atoms with E-state index >= 15 is 0 Å². The summed E-state index contributed by atoms with van der Waals surface area (Å²) < 4.78 is 25.5. The van der Waals surface area contributed by atoms with Crippen LogP contribution in [0.15, 0.2) is 60.2 Å². The standard InChI is InChI=1S/C26H23FN2O4/c1-4-32-24-11-9-23(10-12-24)29-17(2)13-20(18(29)3)14-21(15-28)26(31)33-16-25(30)19-5-7-22(27)8-6-19/h5-14H,4,16H2,1-3H3/b21-14+. The minimum Gasteiger partial charge on any atom is -0.494 e. The van der Waals surface area contributed by atoms with Crippen molar-refractivity contribution >= 4 is 17.8 Å². The van der Waals surface area contributed by atoms with E-state index < -0.39 is 24.2 Å². The fourth-order valence-corrected chi connectivity index (χ4v) is 3.41. The summed E-state index contributed by atoms with van der Waals surface area (Å²) in [5.74, 6) is -1.09. The Kier molecular flexibility index (Phi) is 7.42. The monoisotopic (exact) mass is 446 g/mol. The second kappa shape index (κ2) is 10.4. The van der Waals surface area contributed by atoms with Gasteiger partial charge in [0, 0.05) is 22.6 Å². The molecule has 0 amide bonds. The van der Waals surface area contributed by atoms with E-state index in [1.807, 2.05) is 61.7 Å². The van der Waals surface area contributed by atoms with Gasteiger partial charge in [-0.15, -0.1) is 0 Å². The lowest BCUT2D eigenvalue weighted by Gasteiger charge is -2.11. The number of carbonyl (C=O) groups is 2. The van der Waals surface area contributed by atoms with Crippen LogP contribution in [0.3, 0.4) is 0 Å². The Bertz CT molecular complexity index is 1230. The summed E-state index contributed by atoms with van der Waals surface area (Å²) in [6, 6.07) is 16.2. The van der Waals surface area contributed by atoms with Gasteiger partial charge >= 0.3 is 5.97 Å². The van der Waals surface area contributed by atoms with E-state index in [1.165, 1.54) is 18.2 Å². The number of ketones is 1. The topological polar surface area (TPSA) is 81.3 Å². The minimum atomic E-state index is -0.904. The zero-order valence-electron chi connectivity index (χ0n) is 18.6. The summed E-state index contributed by atoms with van der Waals surface area (Å²) in [5.41, 5.74) is 3.33. The van der Waals surface area contributed by atoms with E-state index in [-0.39, 0.29) is 11.1 Å². The highest BCUT2D eigenvalue weighted by Gasteiger charge is 2.17. The number of aromatic nitrogens is 1. The number of esters is 1. The van der Waals surface area contributed by atoms with Gasteiger partial charge in [-0.1, -0.05) is 0 Å². The van der Waals surface area contributed by atoms with Crippen LogP contribution in [0.2, 0.25) is 0 Å². The average molecular weight is 446 g/mol. The molecule has 6 nitrogen and oxygen atoms in total. The smallest absolute Gasteiger partial charge is 0.349 e. The van der Waals surface area contributed by atoms with Crippen LogP contribution in [-0.2, 0) is 9.53 Å². The lowest BCUT2D eigenvalue weighted by Crippen LogP contribution is -2.15. The molecule has 0 bridgehead atoms. The zero-order chi connectivity index (χ0) is 24.0. The van der Waals surface area contributed by atoms with Crippen LogP contribution in [0.5, 0.6) is 5.75 Å². The highest BCUT2D eigenvalue weighted by Crippen LogP contribution is 2.24. The number of hydrogen-bond donors (Lipinski definition) is 0. The summed E-state index contributed by atoms with van der Waals surface area (Å²) in [6.45, 7) is 5.76. The number of ether oxygens (including phenoxy) is 2. The number of halogens is 1. The molecule has 7 heteroatoms. The molecule has 1 aromatic heterocycles. The van der Waals surface area contributed by atoms with Gasteiger partial charge in [0.05, 0.1) is 6.61 Å². The maximum absolute atomic E-state index is 13.0. The lowest BCUT2D eigenvalue weighted by molar-refractivity contribution is -0.137. The molecule has 33 heavy (non-hydrogen) atoms. The average Bonchev–Trinajstić information content (AvgIpc) is 3.09. The molecule has 0 aliphatic carbocycles. The quantitative estimate of drug-likeness (QED) is 0.211. The van der Waals surface area contributed by atoms with Crippen molar-refractivity contribution in [1.29, 1.82) is 5.26 Å². The van der Waals surface area contributed by atoms with Crippen LogP contribution in [0.4, 0.5) is 4.39 Å². The van der Waals surface area contributed by atoms with Crippen molar-refractivity contribution in [2.45, 2.75) is 20.8 Å². The van der Waals surface area contributed by atoms with E-state index in [0.29, 0.717) is 12.2 Å². The van der Waals surface area contributed by atoms with Crippen LogP contribution in [0, 0.1) is 31.0 Å². The molecule has 0 unspecified atom stereocenters. The van der Waals surface area contributed by atoms with Crippen molar-refractivity contribution in [3.05, 3.63) is 88.5 Å². The molecule has 3 aromatic rings.